The van der Waals surface area contributed by atoms with Crippen LogP contribution >= 0.6 is 0 Å². The highest BCUT2D eigenvalue weighted by molar-refractivity contribution is 5.34. The molecule has 3 nitrogen and oxygen atoms in total. The SMILES string of the molecule is CC(NCC(C)N1CCCC1)c1cc(F)ccc1O. The Morgan fingerprint density at radius 2 is 2.00 bits per heavy atom. The summed E-state index contributed by atoms with van der Waals surface area (Å²) in [6.07, 6.45) is 2.56. The first-order valence-electron chi connectivity index (χ1n) is 7.04. The summed E-state index contributed by atoms with van der Waals surface area (Å²) in [5, 5.41) is 13.1. The molecule has 0 aromatic heterocycles. The highest BCUT2D eigenvalue weighted by Crippen LogP contribution is 2.24. The number of likely N-dealkylation sites (tertiary alicyclic amines) is 1. The third kappa shape index (κ3) is 3.67. The summed E-state index contributed by atoms with van der Waals surface area (Å²) in [5.74, 6) is -0.163. The molecule has 2 atom stereocenters. The first kappa shape index (κ1) is 14.3. The van der Waals surface area contributed by atoms with Crippen molar-refractivity contribution in [3.05, 3.63) is 29.6 Å². The zero-order valence-electron chi connectivity index (χ0n) is 11.7. The van der Waals surface area contributed by atoms with Crippen molar-refractivity contribution in [2.45, 2.75) is 38.8 Å². The van der Waals surface area contributed by atoms with Crippen LogP contribution in [0.25, 0.3) is 0 Å². The summed E-state index contributed by atoms with van der Waals surface area (Å²) in [5.41, 5.74) is 0.619. The van der Waals surface area contributed by atoms with Crippen molar-refractivity contribution in [3.63, 3.8) is 0 Å². The van der Waals surface area contributed by atoms with Gasteiger partial charge >= 0.3 is 0 Å². The minimum atomic E-state index is -0.311. The van der Waals surface area contributed by atoms with Gasteiger partial charge < -0.3 is 10.4 Å². The van der Waals surface area contributed by atoms with Crippen molar-refractivity contribution in [2.24, 2.45) is 0 Å². The van der Waals surface area contributed by atoms with Crippen LogP contribution in [0.15, 0.2) is 18.2 Å². The van der Waals surface area contributed by atoms with Gasteiger partial charge in [0.1, 0.15) is 11.6 Å². The Morgan fingerprint density at radius 3 is 2.68 bits per heavy atom. The topological polar surface area (TPSA) is 35.5 Å². The molecule has 0 aliphatic carbocycles. The van der Waals surface area contributed by atoms with Crippen LogP contribution in [0.3, 0.4) is 0 Å². The lowest BCUT2D eigenvalue weighted by Gasteiger charge is -2.26. The monoisotopic (exact) mass is 266 g/mol. The van der Waals surface area contributed by atoms with Crippen molar-refractivity contribution < 1.29 is 9.50 Å². The van der Waals surface area contributed by atoms with E-state index in [2.05, 4.69) is 17.1 Å². The van der Waals surface area contributed by atoms with Gasteiger partial charge in [-0.2, -0.15) is 0 Å². The van der Waals surface area contributed by atoms with Crippen molar-refractivity contribution in [3.8, 4) is 5.75 Å². The molecule has 0 amide bonds. The fourth-order valence-electron chi connectivity index (χ4n) is 2.64. The van der Waals surface area contributed by atoms with Gasteiger partial charge in [-0.3, -0.25) is 4.90 Å². The van der Waals surface area contributed by atoms with Crippen molar-refractivity contribution in [1.29, 1.82) is 0 Å². The number of phenolic OH excluding ortho intramolecular Hbond substituents is 1. The first-order valence-corrected chi connectivity index (χ1v) is 7.04. The van der Waals surface area contributed by atoms with E-state index in [1.807, 2.05) is 6.92 Å². The van der Waals surface area contributed by atoms with Gasteiger partial charge in [0, 0.05) is 24.2 Å². The summed E-state index contributed by atoms with van der Waals surface area (Å²) in [6, 6.07) is 4.50. The largest absolute Gasteiger partial charge is 0.508 e. The standard InChI is InChI=1S/C15H23FN2O/c1-11(18-7-3-4-8-18)10-17-12(2)14-9-13(16)5-6-15(14)19/h5-6,9,11-12,17,19H,3-4,7-8,10H2,1-2H3. The Hall–Kier alpha value is -1.13. The average molecular weight is 266 g/mol. The van der Waals surface area contributed by atoms with Crippen LogP contribution in [-0.2, 0) is 0 Å². The summed E-state index contributed by atoms with van der Waals surface area (Å²) >= 11 is 0. The van der Waals surface area contributed by atoms with Crippen LogP contribution in [-0.4, -0.2) is 35.7 Å². The Balaban J connectivity index is 1.89. The molecule has 0 saturated carbocycles. The fourth-order valence-corrected chi connectivity index (χ4v) is 2.64. The molecule has 106 valence electrons. The van der Waals surface area contributed by atoms with E-state index in [1.165, 1.54) is 44.1 Å². The lowest BCUT2D eigenvalue weighted by Crippen LogP contribution is -2.39. The maximum atomic E-state index is 13.2. The molecular weight excluding hydrogens is 243 g/mol. The van der Waals surface area contributed by atoms with Gasteiger partial charge in [0.25, 0.3) is 0 Å². The van der Waals surface area contributed by atoms with E-state index in [4.69, 9.17) is 0 Å². The summed E-state index contributed by atoms with van der Waals surface area (Å²) < 4.78 is 13.2. The lowest BCUT2D eigenvalue weighted by atomic mass is 10.1. The summed E-state index contributed by atoms with van der Waals surface area (Å²) in [7, 11) is 0. The zero-order valence-corrected chi connectivity index (χ0v) is 11.7. The number of phenols is 1. The molecule has 2 rings (SSSR count). The van der Waals surface area contributed by atoms with Gasteiger partial charge in [0.05, 0.1) is 0 Å². The van der Waals surface area contributed by atoms with Gasteiger partial charge in [-0.1, -0.05) is 0 Å². The Kier molecular flexibility index (Phi) is 4.77. The molecule has 0 bridgehead atoms. The number of benzene rings is 1. The van der Waals surface area contributed by atoms with Gasteiger partial charge in [-0.25, -0.2) is 4.39 Å². The lowest BCUT2D eigenvalue weighted by molar-refractivity contribution is 0.246. The second-order valence-corrected chi connectivity index (χ2v) is 5.43. The Morgan fingerprint density at radius 1 is 1.32 bits per heavy atom. The number of nitrogens with zero attached hydrogens (tertiary/aromatic N) is 1. The van der Waals surface area contributed by atoms with Gasteiger partial charge in [0.2, 0.25) is 0 Å². The van der Waals surface area contributed by atoms with Crippen LogP contribution in [0.1, 0.15) is 38.3 Å². The molecule has 1 aliphatic heterocycles. The quantitative estimate of drug-likeness (QED) is 0.860. The number of halogens is 1. The molecule has 1 aromatic rings. The molecular formula is C15H23FN2O. The maximum absolute atomic E-state index is 13.2. The van der Waals surface area contributed by atoms with E-state index < -0.39 is 0 Å². The molecule has 0 radical (unpaired) electrons. The highest BCUT2D eigenvalue weighted by Gasteiger charge is 2.19. The van der Waals surface area contributed by atoms with E-state index >= 15 is 0 Å². The number of rotatable bonds is 5. The normalized spacial score (nSPS) is 19.5. The second kappa shape index (κ2) is 6.35. The molecule has 19 heavy (non-hydrogen) atoms. The molecule has 1 saturated heterocycles. The average Bonchev–Trinajstić information content (AvgIpc) is 2.92. The van der Waals surface area contributed by atoms with Crippen LogP contribution < -0.4 is 5.32 Å². The Labute approximate surface area is 114 Å². The third-order valence-corrected chi connectivity index (χ3v) is 3.94. The van der Waals surface area contributed by atoms with Crippen molar-refractivity contribution in [2.75, 3.05) is 19.6 Å². The second-order valence-electron chi connectivity index (χ2n) is 5.43. The zero-order chi connectivity index (χ0) is 13.8. The Bertz CT molecular complexity index is 419. The molecule has 2 unspecified atom stereocenters. The number of hydrogen-bond donors (Lipinski definition) is 2. The molecule has 4 heteroatoms. The summed E-state index contributed by atoms with van der Waals surface area (Å²) in [6.45, 7) is 7.34. The van der Waals surface area contributed by atoms with Gasteiger partial charge in [-0.05, 0) is 58.0 Å². The molecule has 1 aromatic carbocycles. The highest BCUT2D eigenvalue weighted by atomic mass is 19.1. The first-order chi connectivity index (χ1) is 9.08. The van der Waals surface area contributed by atoms with E-state index in [9.17, 15) is 9.50 Å². The van der Waals surface area contributed by atoms with E-state index in [0.717, 1.165) is 6.54 Å². The fraction of sp³-hybridized carbons (Fsp3) is 0.600. The third-order valence-electron chi connectivity index (χ3n) is 3.94. The molecule has 2 N–H and O–H groups in total. The predicted molar refractivity (Wildman–Crippen MR) is 74.8 cm³/mol. The number of hydrogen-bond acceptors (Lipinski definition) is 3. The van der Waals surface area contributed by atoms with Gasteiger partial charge in [-0.15, -0.1) is 0 Å². The molecule has 1 fully saturated rings. The number of aromatic hydroxyl groups is 1. The molecule has 1 aliphatic rings. The maximum Gasteiger partial charge on any atom is 0.123 e. The van der Waals surface area contributed by atoms with Crippen molar-refractivity contribution in [1.82, 2.24) is 10.2 Å². The van der Waals surface area contributed by atoms with E-state index in [-0.39, 0.29) is 17.6 Å². The molecule has 0 spiro atoms. The minimum absolute atomic E-state index is 0.0549. The van der Waals surface area contributed by atoms with Crippen LogP contribution in [0.5, 0.6) is 5.75 Å². The predicted octanol–water partition coefficient (Wildman–Crippen LogP) is 2.67. The van der Waals surface area contributed by atoms with Gasteiger partial charge in [0.15, 0.2) is 0 Å². The van der Waals surface area contributed by atoms with Crippen LogP contribution in [0.2, 0.25) is 0 Å². The van der Waals surface area contributed by atoms with E-state index in [1.54, 1.807) is 0 Å². The number of nitrogens with one attached hydrogen (secondary N) is 1. The van der Waals surface area contributed by atoms with Crippen LogP contribution in [0.4, 0.5) is 4.39 Å². The minimum Gasteiger partial charge on any atom is -0.508 e. The van der Waals surface area contributed by atoms with Crippen LogP contribution in [0, 0.1) is 5.82 Å². The molecule has 1 heterocycles. The smallest absolute Gasteiger partial charge is 0.123 e. The van der Waals surface area contributed by atoms with Crippen molar-refractivity contribution >= 4 is 0 Å². The summed E-state index contributed by atoms with van der Waals surface area (Å²) in [4.78, 5) is 2.46. The van der Waals surface area contributed by atoms with E-state index in [0.29, 0.717) is 11.6 Å².